The Balaban J connectivity index is 0.00000320. The van der Waals surface area contributed by atoms with Gasteiger partial charge in [-0.25, -0.2) is 0 Å². The molecule has 200 valence electrons. The van der Waals surface area contributed by atoms with Gasteiger partial charge < -0.3 is 20.0 Å². The van der Waals surface area contributed by atoms with Crippen molar-refractivity contribution in [2.24, 2.45) is 11.8 Å². The zero-order valence-corrected chi connectivity index (χ0v) is 21.5. The second-order valence-electron chi connectivity index (χ2n) is 10.2. The van der Waals surface area contributed by atoms with Crippen LogP contribution in [-0.4, -0.2) is 67.6 Å². The highest BCUT2D eigenvalue weighted by molar-refractivity contribution is 6.02. The van der Waals surface area contributed by atoms with Crippen LogP contribution >= 0.6 is 12.4 Å². The second-order valence-corrected chi connectivity index (χ2v) is 10.2. The van der Waals surface area contributed by atoms with Gasteiger partial charge in [0, 0.05) is 44.3 Å². The lowest BCUT2D eigenvalue weighted by Gasteiger charge is -2.41. The van der Waals surface area contributed by atoms with E-state index >= 15 is 0 Å². The van der Waals surface area contributed by atoms with E-state index in [1.807, 2.05) is 42.3 Å². The number of alkyl halides is 3. The van der Waals surface area contributed by atoms with E-state index in [9.17, 15) is 22.8 Å². The first kappa shape index (κ1) is 27.3. The summed E-state index contributed by atoms with van der Waals surface area (Å²) in [6, 6.07) is 14.6. The van der Waals surface area contributed by atoms with E-state index in [2.05, 4.69) is 10.2 Å². The molecule has 2 aliphatic heterocycles. The Morgan fingerprint density at radius 3 is 2.32 bits per heavy atom. The average molecular weight is 537 g/mol. The molecule has 2 aromatic carbocycles. The minimum Gasteiger partial charge on any atom is -0.370 e. The van der Waals surface area contributed by atoms with E-state index in [4.69, 9.17) is 0 Å². The molecule has 6 nitrogen and oxygen atoms in total. The van der Waals surface area contributed by atoms with Crippen molar-refractivity contribution in [3.63, 3.8) is 0 Å². The van der Waals surface area contributed by atoms with Crippen molar-refractivity contribution in [3.8, 4) is 0 Å². The van der Waals surface area contributed by atoms with Gasteiger partial charge >= 0.3 is 6.18 Å². The summed E-state index contributed by atoms with van der Waals surface area (Å²) in [4.78, 5) is 31.9. The Kier molecular flexibility index (Phi) is 8.04. The molecular weight excluding hydrogens is 505 g/mol. The van der Waals surface area contributed by atoms with E-state index in [-0.39, 0.29) is 55.7 Å². The van der Waals surface area contributed by atoms with E-state index in [1.165, 1.54) is 0 Å². The highest BCUT2D eigenvalue weighted by atomic mass is 35.5. The van der Waals surface area contributed by atoms with Crippen molar-refractivity contribution >= 4 is 35.6 Å². The molecule has 2 amide bonds. The third kappa shape index (κ3) is 6.04. The molecule has 0 bridgehead atoms. The van der Waals surface area contributed by atoms with Crippen LogP contribution in [0.3, 0.4) is 0 Å². The molecule has 0 spiro atoms. The molecule has 0 radical (unpaired) electrons. The second kappa shape index (κ2) is 10.9. The number of likely N-dealkylation sites (N-methyl/N-ethyl adjacent to an activating group) is 1. The standard InChI is InChI=1S/C27H31F3N4O2.ClH/c1-32-13-14-34(24(17-32)18-5-3-2-4-6-18)26(36)22-10-9-21(31-25(35)19-7-8-19)15-23(22)33-12-11-20(16-33)27(28,29)30;/h2-6,9-10,15,19-20,24H,7-8,11-14,16-17H2,1H3,(H,31,35);1H/t20-,24-;/m1./s1. The van der Waals surface area contributed by atoms with E-state index in [0.717, 1.165) is 18.4 Å². The van der Waals surface area contributed by atoms with Crippen LogP contribution in [0.2, 0.25) is 0 Å². The summed E-state index contributed by atoms with van der Waals surface area (Å²) < 4.78 is 40.4. The van der Waals surface area contributed by atoms with Crippen LogP contribution in [-0.2, 0) is 4.79 Å². The molecule has 2 heterocycles. The minimum atomic E-state index is -4.29. The molecule has 37 heavy (non-hydrogen) atoms. The number of anilines is 2. The molecule has 2 aromatic rings. The Labute approximate surface area is 221 Å². The maximum Gasteiger partial charge on any atom is 0.393 e. The van der Waals surface area contributed by atoms with E-state index in [1.54, 1.807) is 23.1 Å². The quantitative estimate of drug-likeness (QED) is 0.586. The van der Waals surface area contributed by atoms with Crippen molar-refractivity contribution in [1.29, 1.82) is 0 Å². The maximum absolute atomic E-state index is 14.0. The molecule has 1 N–H and O–H groups in total. The van der Waals surface area contributed by atoms with Crippen molar-refractivity contribution in [3.05, 3.63) is 59.7 Å². The third-order valence-corrected chi connectivity index (χ3v) is 7.46. The highest BCUT2D eigenvalue weighted by Gasteiger charge is 2.44. The van der Waals surface area contributed by atoms with Crippen LogP contribution in [0.1, 0.15) is 41.2 Å². The summed E-state index contributed by atoms with van der Waals surface area (Å²) in [7, 11) is 2.02. The van der Waals surface area contributed by atoms with Crippen molar-refractivity contribution in [1.82, 2.24) is 9.80 Å². The van der Waals surface area contributed by atoms with Crippen LogP contribution in [0.25, 0.3) is 0 Å². The monoisotopic (exact) mass is 536 g/mol. The first-order valence-electron chi connectivity index (χ1n) is 12.5. The number of nitrogens with zero attached hydrogens (tertiary/aromatic N) is 3. The fourth-order valence-corrected chi connectivity index (χ4v) is 5.17. The Morgan fingerprint density at radius 1 is 0.946 bits per heavy atom. The summed E-state index contributed by atoms with van der Waals surface area (Å²) in [5.74, 6) is -1.74. The van der Waals surface area contributed by atoms with Gasteiger partial charge in [-0.05, 0) is 50.1 Å². The van der Waals surface area contributed by atoms with Gasteiger partial charge in [0.05, 0.1) is 23.2 Å². The lowest BCUT2D eigenvalue weighted by Crippen LogP contribution is -2.49. The summed E-state index contributed by atoms with van der Waals surface area (Å²) in [5.41, 5.74) is 2.34. The first-order chi connectivity index (χ1) is 17.2. The van der Waals surface area contributed by atoms with Gasteiger partial charge in [-0.2, -0.15) is 13.2 Å². The maximum atomic E-state index is 14.0. The van der Waals surface area contributed by atoms with Crippen LogP contribution < -0.4 is 10.2 Å². The van der Waals surface area contributed by atoms with Gasteiger partial charge in [0.2, 0.25) is 5.91 Å². The molecule has 1 saturated carbocycles. The summed E-state index contributed by atoms with van der Waals surface area (Å²) in [5, 5.41) is 2.88. The number of hydrogen-bond donors (Lipinski definition) is 1. The van der Waals surface area contributed by atoms with Gasteiger partial charge in [-0.1, -0.05) is 30.3 Å². The molecule has 2 atom stereocenters. The summed E-state index contributed by atoms with van der Waals surface area (Å²) in [6.45, 7) is 1.89. The van der Waals surface area contributed by atoms with E-state index < -0.39 is 12.1 Å². The number of rotatable bonds is 5. The predicted molar refractivity (Wildman–Crippen MR) is 139 cm³/mol. The van der Waals surface area contributed by atoms with Crippen molar-refractivity contribution in [2.45, 2.75) is 31.5 Å². The van der Waals surface area contributed by atoms with Crippen molar-refractivity contribution < 1.29 is 22.8 Å². The topological polar surface area (TPSA) is 55.9 Å². The number of benzene rings is 2. The first-order valence-corrected chi connectivity index (χ1v) is 12.5. The summed E-state index contributed by atoms with van der Waals surface area (Å²) in [6.07, 6.45) is -2.61. The smallest absolute Gasteiger partial charge is 0.370 e. The number of amides is 2. The van der Waals surface area contributed by atoms with Crippen molar-refractivity contribution in [2.75, 3.05) is 50.0 Å². The van der Waals surface area contributed by atoms with Gasteiger partial charge in [0.25, 0.3) is 5.91 Å². The van der Waals surface area contributed by atoms with E-state index in [0.29, 0.717) is 36.6 Å². The van der Waals surface area contributed by atoms with Crippen LogP contribution in [0.5, 0.6) is 0 Å². The average Bonchev–Trinajstić information content (AvgIpc) is 3.59. The molecule has 3 aliphatic rings. The fourth-order valence-electron chi connectivity index (χ4n) is 5.17. The molecule has 5 rings (SSSR count). The Hall–Kier alpha value is -2.78. The normalized spacial score (nSPS) is 22.5. The van der Waals surface area contributed by atoms with Crippen LogP contribution in [0.4, 0.5) is 24.5 Å². The van der Waals surface area contributed by atoms with Gasteiger partial charge in [-0.3, -0.25) is 9.59 Å². The van der Waals surface area contributed by atoms with Gasteiger partial charge in [-0.15, -0.1) is 12.4 Å². The fraction of sp³-hybridized carbons (Fsp3) is 0.481. The summed E-state index contributed by atoms with van der Waals surface area (Å²) >= 11 is 0. The Morgan fingerprint density at radius 2 is 1.68 bits per heavy atom. The highest BCUT2D eigenvalue weighted by Crippen LogP contribution is 2.39. The molecule has 3 fully saturated rings. The lowest BCUT2D eigenvalue weighted by molar-refractivity contribution is -0.168. The molecule has 0 unspecified atom stereocenters. The zero-order valence-electron chi connectivity index (χ0n) is 20.7. The molecule has 2 saturated heterocycles. The number of nitrogens with one attached hydrogen (secondary N) is 1. The molecule has 10 heteroatoms. The SMILES string of the molecule is CN1CCN(C(=O)c2ccc(NC(=O)C3CC3)cc2N2CC[C@@H](C(F)(F)F)C2)[C@@H](c2ccccc2)C1.Cl. The van der Waals surface area contributed by atoms with Crippen LogP contribution in [0.15, 0.2) is 48.5 Å². The number of hydrogen-bond acceptors (Lipinski definition) is 4. The zero-order chi connectivity index (χ0) is 25.4. The van der Waals surface area contributed by atoms with Crippen LogP contribution in [0, 0.1) is 11.8 Å². The lowest BCUT2D eigenvalue weighted by atomic mass is 10.0. The third-order valence-electron chi connectivity index (χ3n) is 7.46. The molecular formula is C27H32ClF3N4O2. The molecule has 0 aromatic heterocycles. The Bertz CT molecular complexity index is 1130. The largest absolute Gasteiger partial charge is 0.393 e. The number of piperazine rings is 1. The van der Waals surface area contributed by atoms with Gasteiger partial charge in [0.1, 0.15) is 0 Å². The predicted octanol–water partition coefficient (Wildman–Crippen LogP) is 4.97. The number of carbonyl (C=O) groups excluding carboxylic acids is 2. The number of carbonyl (C=O) groups is 2. The number of halogens is 4. The molecule has 1 aliphatic carbocycles. The minimum absolute atomic E-state index is 0. The van der Waals surface area contributed by atoms with Gasteiger partial charge in [0.15, 0.2) is 0 Å².